The normalized spacial score (nSPS) is 11.8. The molecule has 1 unspecified atom stereocenters. The maximum Gasteiger partial charge on any atom is 0.255 e. The lowest BCUT2D eigenvalue weighted by Gasteiger charge is -2.16. The van der Waals surface area contributed by atoms with Gasteiger partial charge in [-0.3, -0.25) is 9.59 Å². The summed E-state index contributed by atoms with van der Waals surface area (Å²) >= 11 is 0. The van der Waals surface area contributed by atoms with Gasteiger partial charge in [-0.05, 0) is 25.0 Å². The lowest BCUT2D eigenvalue weighted by atomic mass is 10.2. The highest BCUT2D eigenvalue weighted by Crippen LogP contribution is 2.10. The first kappa shape index (κ1) is 15.9. The smallest absolute Gasteiger partial charge is 0.255 e. The van der Waals surface area contributed by atoms with E-state index in [0.29, 0.717) is 23.8 Å². The Bertz CT molecular complexity index is 474. The number of amides is 2. The molecule has 6 heteroatoms. The molecule has 1 aromatic rings. The van der Waals surface area contributed by atoms with Crippen molar-refractivity contribution in [2.75, 3.05) is 18.9 Å². The fourth-order valence-corrected chi connectivity index (χ4v) is 1.59. The molecular weight excluding hydrogens is 256 g/mol. The van der Waals surface area contributed by atoms with Crippen molar-refractivity contribution in [1.29, 1.82) is 0 Å². The molecule has 6 nitrogen and oxygen atoms in total. The minimum absolute atomic E-state index is 0.193. The van der Waals surface area contributed by atoms with Crippen LogP contribution >= 0.6 is 0 Å². The van der Waals surface area contributed by atoms with Crippen molar-refractivity contribution in [3.05, 3.63) is 23.9 Å². The fraction of sp³-hybridized carbons (Fsp3) is 0.500. The third kappa shape index (κ3) is 4.53. The summed E-state index contributed by atoms with van der Waals surface area (Å²) in [5, 5.41) is 8.29. The summed E-state index contributed by atoms with van der Waals surface area (Å²) in [6, 6.07) is 2.75. The molecule has 2 amide bonds. The number of anilines is 1. The van der Waals surface area contributed by atoms with E-state index in [0.717, 1.165) is 0 Å². The second kappa shape index (κ2) is 7.47. The monoisotopic (exact) mass is 278 g/mol. The van der Waals surface area contributed by atoms with Gasteiger partial charge in [0.05, 0.1) is 5.56 Å². The van der Waals surface area contributed by atoms with Gasteiger partial charge < -0.3 is 16.0 Å². The molecular formula is C14H22N4O2. The minimum atomic E-state index is -0.592. The predicted octanol–water partition coefficient (Wildman–Crippen LogP) is 1.01. The van der Waals surface area contributed by atoms with E-state index in [-0.39, 0.29) is 11.8 Å². The zero-order chi connectivity index (χ0) is 15.1. The van der Waals surface area contributed by atoms with E-state index in [2.05, 4.69) is 20.9 Å². The van der Waals surface area contributed by atoms with Crippen LogP contribution in [0.2, 0.25) is 0 Å². The van der Waals surface area contributed by atoms with Crippen molar-refractivity contribution in [2.45, 2.75) is 26.8 Å². The molecule has 0 aromatic carbocycles. The largest absolute Gasteiger partial charge is 0.372 e. The van der Waals surface area contributed by atoms with Crippen LogP contribution in [0, 0.1) is 5.92 Å². The number of rotatable bonds is 6. The van der Waals surface area contributed by atoms with E-state index >= 15 is 0 Å². The van der Waals surface area contributed by atoms with Gasteiger partial charge in [0, 0.05) is 19.8 Å². The molecule has 0 aliphatic carbocycles. The molecule has 1 aromatic heterocycles. The van der Waals surface area contributed by atoms with Crippen LogP contribution in [0.15, 0.2) is 18.3 Å². The predicted molar refractivity (Wildman–Crippen MR) is 78.6 cm³/mol. The third-order valence-corrected chi connectivity index (χ3v) is 2.71. The lowest BCUT2D eigenvalue weighted by molar-refractivity contribution is -0.122. The Morgan fingerprint density at radius 3 is 2.60 bits per heavy atom. The Kier molecular flexibility index (Phi) is 5.96. The SMILES string of the molecule is CNc1ncccc1C(=O)NC(C)C(=O)NCC(C)C. The van der Waals surface area contributed by atoms with Crippen LogP contribution < -0.4 is 16.0 Å². The maximum absolute atomic E-state index is 12.1. The summed E-state index contributed by atoms with van der Waals surface area (Å²) in [6.45, 7) is 6.27. The van der Waals surface area contributed by atoms with Gasteiger partial charge in [-0.25, -0.2) is 4.98 Å². The van der Waals surface area contributed by atoms with Crippen LogP contribution in [0.1, 0.15) is 31.1 Å². The molecule has 0 saturated carbocycles. The highest BCUT2D eigenvalue weighted by Gasteiger charge is 2.18. The molecule has 110 valence electrons. The highest BCUT2D eigenvalue weighted by molar-refractivity contribution is 6.00. The first-order valence-electron chi connectivity index (χ1n) is 6.67. The van der Waals surface area contributed by atoms with Gasteiger partial charge in [0.25, 0.3) is 5.91 Å². The number of hydrogen-bond acceptors (Lipinski definition) is 4. The molecule has 1 rings (SSSR count). The van der Waals surface area contributed by atoms with Crippen LogP contribution in [0.3, 0.4) is 0 Å². The van der Waals surface area contributed by atoms with Gasteiger partial charge in [-0.15, -0.1) is 0 Å². The zero-order valence-corrected chi connectivity index (χ0v) is 12.4. The number of carbonyl (C=O) groups excluding carboxylic acids is 2. The highest BCUT2D eigenvalue weighted by atomic mass is 16.2. The maximum atomic E-state index is 12.1. The summed E-state index contributed by atoms with van der Waals surface area (Å²) in [4.78, 5) is 28.0. The molecule has 3 N–H and O–H groups in total. The number of nitrogens with one attached hydrogen (secondary N) is 3. The van der Waals surface area contributed by atoms with Gasteiger partial charge in [0.1, 0.15) is 11.9 Å². The summed E-state index contributed by atoms with van der Waals surface area (Å²) in [6.07, 6.45) is 1.60. The van der Waals surface area contributed by atoms with E-state index in [9.17, 15) is 9.59 Å². The third-order valence-electron chi connectivity index (χ3n) is 2.71. The van der Waals surface area contributed by atoms with Gasteiger partial charge in [-0.1, -0.05) is 13.8 Å². The first-order valence-corrected chi connectivity index (χ1v) is 6.67. The molecule has 0 aliphatic rings. The lowest BCUT2D eigenvalue weighted by Crippen LogP contribution is -2.45. The number of nitrogens with zero attached hydrogens (tertiary/aromatic N) is 1. The van der Waals surface area contributed by atoms with Crippen LogP contribution in [-0.4, -0.2) is 36.4 Å². The average molecular weight is 278 g/mol. The van der Waals surface area contributed by atoms with Crippen molar-refractivity contribution < 1.29 is 9.59 Å². The van der Waals surface area contributed by atoms with Gasteiger partial charge in [0.15, 0.2) is 0 Å². The van der Waals surface area contributed by atoms with E-state index in [4.69, 9.17) is 0 Å². The van der Waals surface area contributed by atoms with E-state index in [1.54, 1.807) is 32.3 Å². The van der Waals surface area contributed by atoms with Crippen LogP contribution in [0.5, 0.6) is 0 Å². The van der Waals surface area contributed by atoms with Crippen molar-refractivity contribution in [3.63, 3.8) is 0 Å². The van der Waals surface area contributed by atoms with Crippen molar-refractivity contribution >= 4 is 17.6 Å². The van der Waals surface area contributed by atoms with Crippen molar-refractivity contribution in [3.8, 4) is 0 Å². The minimum Gasteiger partial charge on any atom is -0.372 e. The van der Waals surface area contributed by atoms with Crippen LogP contribution in [0.4, 0.5) is 5.82 Å². The van der Waals surface area contributed by atoms with Crippen LogP contribution in [0.25, 0.3) is 0 Å². The Labute approximate surface area is 119 Å². The second-order valence-corrected chi connectivity index (χ2v) is 4.98. The molecule has 1 heterocycles. The van der Waals surface area contributed by atoms with E-state index in [1.165, 1.54) is 0 Å². The Morgan fingerprint density at radius 1 is 1.30 bits per heavy atom. The quantitative estimate of drug-likeness (QED) is 0.725. The Morgan fingerprint density at radius 2 is 2.00 bits per heavy atom. The topological polar surface area (TPSA) is 83.1 Å². The summed E-state index contributed by atoms with van der Waals surface area (Å²) in [7, 11) is 1.69. The number of carbonyl (C=O) groups is 2. The van der Waals surface area contributed by atoms with Gasteiger partial charge >= 0.3 is 0 Å². The fourth-order valence-electron chi connectivity index (χ4n) is 1.59. The summed E-state index contributed by atoms with van der Waals surface area (Å²) in [5.74, 6) is 0.340. The second-order valence-electron chi connectivity index (χ2n) is 4.98. The zero-order valence-electron chi connectivity index (χ0n) is 12.4. The molecule has 0 aliphatic heterocycles. The first-order chi connectivity index (χ1) is 9.45. The molecule has 20 heavy (non-hydrogen) atoms. The Hall–Kier alpha value is -2.11. The van der Waals surface area contributed by atoms with E-state index < -0.39 is 6.04 Å². The van der Waals surface area contributed by atoms with Gasteiger partial charge in [-0.2, -0.15) is 0 Å². The van der Waals surface area contributed by atoms with Gasteiger partial charge in [0.2, 0.25) is 5.91 Å². The number of pyridine rings is 1. The van der Waals surface area contributed by atoms with Crippen molar-refractivity contribution in [2.24, 2.45) is 5.92 Å². The molecule has 0 radical (unpaired) electrons. The standard InChI is InChI=1S/C14H22N4O2/c1-9(2)8-17-13(19)10(3)18-14(20)11-6-5-7-16-12(11)15-4/h5-7,9-10H,8H2,1-4H3,(H,15,16)(H,17,19)(H,18,20). The van der Waals surface area contributed by atoms with Crippen molar-refractivity contribution in [1.82, 2.24) is 15.6 Å². The molecule has 0 bridgehead atoms. The number of hydrogen-bond donors (Lipinski definition) is 3. The summed E-state index contributed by atoms with van der Waals surface area (Å²) in [5.41, 5.74) is 0.415. The molecule has 1 atom stereocenters. The Balaban J connectivity index is 2.63. The summed E-state index contributed by atoms with van der Waals surface area (Å²) < 4.78 is 0. The number of aromatic nitrogens is 1. The average Bonchev–Trinajstić information content (AvgIpc) is 2.44. The molecule has 0 saturated heterocycles. The molecule has 0 spiro atoms. The molecule has 0 fully saturated rings. The van der Waals surface area contributed by atoms with E-state index in [1.807, 2.05) is 13.8 Å². The van der Waals surface area contributed by atoms with Crippen LogP contribution in [-0.2, 0) is 4.79 Å².